The minimum absolute atomic E-state index is 0.119. The molecule has 0 heterocycles. The summed E-state index contributed by atoms with van der Waals surface area (Å²) in [5.74, 6) is -1.03. The van der Waals surface area contributed by atoms with Crippen LogP contribution < -0.4 is 0 Å². The second-order valence-electron chi connectivity index (χ2n) is 20.2. The molecule has 0 N–H and O–H groups in total. The standard InChI is InChI=1S/C72H114O6/c1-4-7-10-13-16-19-22-25-28-31-32-33-34-35-36-37-38-39-40-42-44-47-50-53-56-59-62-65-71(74)77-68-69(67-76-70(73)64-61-58-55-52-49-46-43-30-27-24-21-18-15-12-9-6-3)78-72(75)66-63-60-57-54-51-48-45-41-29-26-23-20-17-14-11-8-5-2/h7-8,10-11,16-17,19-20,25-26,28-29,32-33,35-36,38-39,42,44-45,48,50,53-54,57,69H,4-6,9,12-15,18,21-24,27,30-31,34,37,40-41,43,46-47,49,51-52,55-56,58-68H2,1-3H3/b10-7-,11-8-,19-16-,20-17-,28-25-,29-26-,33-32-,36-35-,39-38-,44-42-,48-45-,53-50-,57-54-. The molecule has 0 amide bonds. The predicted octanol–water partition coefficient (Wildman–Crippen LogP) is 21.7. The smallest absolute Gasteiger partial charge is 0.306 e. The van der Waals surface area contributed by atoms with E-state index in [0.717, 1.165) is 122 Å². The van der Waals surface area contributed by atoms with Gasteiger partial charge in [0.1, 0.15) is 13.2 Å². The van der Waals surface area contributed by atoms with E-state index in [1.807, 2.05) is 0 Å². The van der Waals surface area contributed by atoms with Gasteiger partial charge in [-0.25, -0.2) is 0 Å². The Bertz CT molecular complexity index is 1760. The van der Waals surface area contributed by atoms with Crippen LogP contribution in [0.25, 0.3) is 0 Å². The van der Waals surface area contributed by atoms with E-state index in [1.165, 1.54) is 83.5 Å². The first-order chi connectivity index (χ1) is 38.5. The summed E-state index contributed by atoms with van der Waals surface area (Å²) in [5, 5.41) is 0. The van der Waals surface area contributed by atoms with Gasteiger partial charge in [-0.1, -0.05) is 275 Å². The molecule has 438 valence electrons. The summed E-state index contributed by atoms with van der Waals surface area (Å²) in [4.78, 5) is 38.3. The van der Waals surface area contributed by atoms with Crippen LogP contribution in [-0.2, 0) is 28.6 Å². The van der Waals surface area contributed by atoms with E-state index in [4.69, 9.17) is 14.2 Å². The molecule has 6 nitrogen and oxygen atoms in total. The van der Waals surface area contributed by atoms with E-state index in [0.29, 0.717) is 19.3 Å². The van der Waals surface area contributed by atoms with E-state index in [1.54, 1.807) is 0 Å². The van der Waals surface area contributed by atoms with Crippen molar-refractivity contribution in [3.63, 3.8) is 0 Å². The van der Waals surface area contributed by atoms with Crippen LogP contribution in [-0.4, -0.2) is 37.2 Å². The van der Waals surface area contributed by atoms with Gasteiger partial charge in [0.15, 0.2) is 6.10 Å². The van der Waals surface area contributed by atoms with Crippen LogP contribution in [0, 0.1) is 0 Å². The van der Waals surface area contributed by atoms with E-state index in [-0.39, 0.29) is 44.0 Å². The van der Waals surface area contributed by atoms with Gasteiger partial charge >= 0.3 is 17.9 Å². The number of hydrogen-bond donors (Lipinski definition) is 0. The Morgan fingerprint density at radius 3 is 0.821 bits per heavy atom. The van der Waals surface area contributed by atoms with Crippen LogP contribution in [0.4, 0.5) is 0 Å². The van der Waals surface area contributed by atoms with Crippen molar-refractivity contribution >= 4 is 17.9 Å². The Labute approximate surface area is 480 Å². The van der Waals surface area contributed by atoms with Crippen molar-refractivity contribution < 1.29 is 28.6 Å². The van der Waals surface area contributed by atoms with Crippen molar-refractivity contribution in [1.29, 1.82) is 0 Å². The highest BCUT2D eigenvalue weighted by molar-refractivity contribution is 5.71. The minimum Gasteiger partial charge on any atom is -0.462 e. The molecule has 0 aromatic heterocycles. The van der Waals surface area contributed by atoms with Gasteiger partial charge in [0, 0.05) is 19.3 Å². The molecule has 0 rings (SSSR count). The third-order valence-electron chi connectivity index (χ3n) is 12.8. The molecule has 1 atom stereocenters. The Balaban J connectivity index is 4.53. The van der Waals surface area contributed by atoms with E-state index >= 15 is 0 Å². The van der Waals surface area contributed by atoms with Gasteiger partial charge in [0.05, 0.1) is 0 Å². The van der Waals surface area contributed by atoms with Crippen LogP contribution in [0.2, 0.25) is 0 Å². The molecule has 0 aliphatic heterocycles. The van der Waals surface area contributed by atoms with Gasteiger partial charge in [0.25, 0.3) is 0 Å². The number of rotatable bonds is 55. The molecule has 0 bridgehead atoms. The summed E-state index contributed by atoms with van der Waals surface area (Å²) >= 11 is 0. The highest BCUT2D eigenvalue weighted by Crippen LogP contribution is 2.15. The molecule has 0 aromatic rings. The third kappa shape index (κ3) is 61.9. The van der Waals surface area contributed by atoms with Gasteiger partial charge in [0.2, 0.25) is 0 Å². The monoisotopic (exact) mass is 1070 g/mol. The number of carbonyl (C=O) groups excluding carboxylic acids is 3. The zero-order valence-corrected chi connectivity index (χ0v) is 50.1. The van der Waals surface area contributed by atoms with Crippen LogP contribution >= 0.6 is 0 Å². The van der Waals surface area contributed by atoms with E-state index in [9.17, 15) is 14.4 Å². The maximum Gasteiger partial charge on any atom is 0.306 e. The Morgan fingerprint density at radius 1 is 0.269 bits per heavy atom. The number of allylic oxidation sites excluding steroid dienone is 26. The summed E-state index contributed by atoms with van der Waals surface area (Å²) in [7, 11) is 0. The minimum atomic E-state index is -0.833. The quantitative estimate of drug-likeness (QED) is 0.0261. The molecule has 0 spiro atoms. The van der Waals surface area contributed by atoms with Gasteiger partial charge < -0.3 is 14.2 Å². The molecule has 6 heteroatoms. The average Bonchev–Trinajstić information content (AvgIpc) is 3.44. The first-order valence-electron chi connectivity index (χ1n) is 31.5. The summed E-state index contributed by atoms with van der Waals surface area (Å²) in [5.41, 5.74) is 0. The summed E-state index contributed by atoms with van der Waals surface area (Å²) in [6, 6.07) is 0. The number of esters is 3. The lowest BCUT2D eigenvalue weighted by Gasteiger charge is -2.18. The van der Waals surface area contributed by atoms with Gasteiger partial charge in [-0.3, -0.25) is 14.4 Å². The van der Waals surface area contributed by atoms with Crippen LogP contribution in [0.5, 0.6) is 0 Å². The molecule has 0 saturated carbocycles. The summed E-state index contributed by atoms with van der Waals surface area (Å²) in [6.45, 7) is 6.33. The largest absolute Gasteiger partial charge is 0.462 e. The van der Waals surface area contributed by atoms with E-state index in [2.05, 4.69) is 179 Å². The fraction of sp³-hybridized carbons (Fsp3) is 0.597. The van der Waals surface area contributed by atoms with Crippen LogP contribution in [0.1, 0.15) is 258 Å². The second kappa shape index (κ2) is 64.6. The van der Waals surface area contributed by atoms with Gasteiger partial charge in [-0.15, -0.1) is 0 Å². The van der Waals surface area contributed by atoms with Gasteiger partial charge in [-0.2, -0.15) is 0 Å². The SMILES string of the molecule is CC/C=C\C/C=C\C/C=C\C/C=C\C/C=C\C/C=C\C/C=C\C/C=C\CCCCC(=O)OCC(COC(=O)CCCCCCCCCCCCCCCCCC)OC(=O)CCC/C=C\C/C=C\C/C=C\C/C=C\C/C=C\CC. The Morgan fingerprint density at radius 2 is 0.513 bits per heavy atom. The Kier molecular flexibility index (Phi) is 60.4. The molecule has 0 aromatic carbocycles. The van der Waals surface area contributed by atoms with Crippen LogP contribution in [0.3, 0.4) is 0 Å². The maximum absolute atomic E-state index is 12.9. The zero-order valence-electron chi connectivity index (χ0n) is 50.1. The average molecular weight is 1080 g/mol. The fourth-order valence-corrected chi connectivity index (χ4v) is 8.14. The molecular weight excluding hydrogens is 961 g/mol. The lowest BCUT2D eigenvalue weighted by molar-refractivity contribution is -0.167. The van der Waals surface area contributed by atoms with Crippen molar-refractivity contribution in [2.75, 3.05) is 13.2 Å². The highest BCUT2D eigenvalue weighted by atomic mass is 16.6. The van der Waals surface area contributed by atoms with Crippen molar-refractivity contribution in [1.82, 2.24) is 0 Å². The number of hydrogen-bond acceptors (Lipinski definition) is 6. The lowest BCUT2D eigenvalue weighted by atomic mass is 10.0. The number of unbranched alkanes of at least 4 members (excludes halogenated alkanes) is 18. The summed E-state index contributed by atoms with van der Waals surface area (Å²) < 4.78 is 16.8. The predicted molar refractivity (Wildman–Crippen MR) is 338 cm³/mol. The molecule has 0 aliphatic carbocycles. The molecule has 0 saturated heterocycles. The van der Waals surface area contributed by atoms with Crippen molar-refractivity contribution in [3.05, 3.63) is 158 Å². The first-order valence-corrected chi connectivity index (χ1v) is 31.5. The topological polar surface area (TPSA) is 78.9 Å². The van der Waals surface area contributed by atoms with Crippen molar-refractivity contribution in [3.8, 4) is 0 Å². The Hall–Kier alpha value is -4.97. The van der Waals surface area contributed by atoms with Crippen LogP contribution in [0.15, 0.2) is 158 Å². The molecule has 0 fully saturated rings. The normalized spacial score (nSPS) is 13.2. The van der Waals surface area contributed by atoms with Crippen molar-refractivity contribution in [2.45, 2.75) is 264 Å². The number of ether oxygens (including phenoxy) is 3. The molecular formula is C72H114O6. The molecule has 1 unspecified atom stereocenters. The molecule has 0 aliphatic rings. The van der Waals surface area contributed by atoms with Crippen molar-refractivity contribution in [2.24, 2.45) is 0 Å². The lowest BCUT2D eigenvalue weighted by Crippen LogP contribution is -2.30. The molecule has 0 radical (unpaired) electrons. The maximum atomic E-state index is 12.9. The third-order valence-corrected chi connectivity index (χ3v) is 12.8. The molecule has 78 heavy (non-hydrogen) atoms. The number of carbonyl (C=O) groups is 3. The zero-order chi connectivity index (χ0) is 56.4. The summed E-state index contributed by atoms with van der Waals surface area (Å²) in [6.07, 6.45) is 93.9. The first kappa shape index (κ1) is 73.0. The van der Waals surface area contributed by atoms with E-state index < -0.39 is 6.10 Å². The fourth-order valence-electron chi connectivity index (χ4n) is 8.14. The second-order valence-corrected chi connectivity index (χ2v) is 20.2. The van der Waals surface area contributed by atoms with Gasteiger partial charge in [-0.05, 0) is 122 Å². The highest BCUT2D eigenvalue weighted by Gasteiger charge is 2.19.